The molecule has 0 amide bonds. The van der Waals surface area contributed by atoms with Gasteiger partial charge in [-0.15, -0.1) is 0 Å². The first-order valence-electron chi connectivity index (χ1n) is 7.75. The summed E-state index contributed by atoms with van der Waals surface area (Å²) in [5, 5.41) is 30.6. The summed E-state index contributed by atoms with van der Waals surface area (Å²) in [4.78, 5) is 54.1. The second-order valence-corrected chi connectivity index (χ2v) is 7.69. The number of nitro benzene ring substituents is 1. The minimum absolute atomic E-state index is 0.234. The van der Waals surface area contributed by atoms with Crippen LogP contribution in [-0.2, 0) is 13.8 Å². The normalized spacial score (nSPS) is 24.9. The lowest BCUT2D eigenvalue weighted by molar-refractivity contribution is -0.384. The van der Waals surface area contributed by atoms with Crippen LogP contribution < -0.4 is 11.2 Å². The molecule has 1 aliphatic heterocycles. The van der Waals surface area contributed by atoms with E-state index in [4.69, 9.17) is 26.1 Å². The predicted molar refractivity (Wildman–Crippen MR) is 94.4 cm³/mol. The molecule has 0 unspecified atom stereocenters. The van der Waals surface area contributed by atoms with Gasteiger partial charge < -0.3 is 24.7 Å². The lowest BCUT2D eigenvalue weighted by Crippen LogP contribution is -2.38. The molecule has 158 valence electrons. The van der Waals surface area contributed by atoms with Gasteiger partial charge in [0.1, 0.15) is 23.3 Å². The molecule has 4 atom stereocenters. The van der Waals surface area contributed by atoms with Crippen LogP contribution in [0, 0.1) is 10.1 Å². The molecule has 0 saturated carbocycles. The highest BCUT2D eigenvalue weighted by Gasteiger charge is 2.45. The average molecular weight is 454 g/mol. The number of aliphatic hydroxyl groups excluding tert-OH is 2. The molecular formula is C13H13ClN3O11P. The molecule has 0 bridgehead atoms. The summed E-state index contributed by atoms with van der Waals surface area (Å²) in [6.45, 7) is -0.818. The highest BCUT2D eigenvalue weighted by molar-refractivity contribution is 7.46. The maximum atomic E-state index is 12.3. The molecule has 2 aromatic rings. The van der Waals surface area contributed by atoms with Gasteiger partial charge in [0.25, 0.3) is 11.2 Å². The van der Waals surface area contributed by atoms with E-state index in [-0.39, 0.29) is 10.9 Å². The van der Waals surface area contributed by atoms with Crippen LogP contribution in [0.15, 0.2) is 21.7 Å². The maximum absolute atomic E-state index is 12.3. The zero-order chi connectivity index (χ0) is 21.7. The molecule has 1 fully saturated rings. The summed E-state index contributed by atoms with van der Waals surface area (Å²) in [5.41, 5.74) is -2.88. The number of phosphoric acid groups is 1. The van der Waals surface area contributed by atoms with E-state index in [9.17, 15) is 34.5 Å². The van der Waals surface area contributed by atoms with E-state index in [1.165, 1.54) is 0 Å². The summed E-state index contributed by atoms with van der Waals surface area (Å²) in [6.07, 6.45) is -6.56. The van der Waals surface area contributed by atoms with Gasteiger partial charge in [0, 0.05) is 6.07 Å². The first kappa shape index (κ1) is 21.5. The van der Waals surface area contributed by atoms with Crippen molar-refractivity contribution in [3.05, 3.63) is 48.1 Å². The molecule has 5 N–H and O–H groups in total. The van der Waals surface area contributed by atoms with Crippen molar-refractivity contribution in [2.24, 2.45) is 0 Å². The van der Waals surface area contributed by atoms with Gasteiger partial charge >= 0.3 is 13.5 Å². The fourth-order valence-corrected chi connectivity index (χ4v) is 3.48. The summed E-state index contributed by atoms with van der Waals surface area (Å²) >= 11 is 5.85. The van der Waals surface area contributed by atoms with Crippen LogP contribution in [0.2, 0.25) is 5.02 Å². The van der Waals surface area contributed by atoms with Crippen molar-refractivity contribution >= 4 is 36.0 Å². The monoisotopic (exact) mass is 453 g/mol. The zero-order valence-corrected chi connectivity index (χ0v) is 15.7. The highest BCUT2D eigenvalue weighted by Crippen LogP contribution is 2.39. The van der Waals surface area contributed by atoms with Gasteiger partial charge in [0.15, 0.2) is 6.23 Å². The third-order valence-corrected chi connectivity index (χ3v) is 4.99. The van der Waals surface area contributed by atoms with Crippen molar-refractivity contribution in [3.63, 3.8) is 0 Å². The number of aromatic nitrogens is 2. The molecule has 0 radical (unpaired) electrons. The summed E-state index contributed by atoms with van der Waals surface area (Å²) in [5.74, 6) is 0. The number of fused-ring (bicyclic) bond motifs is 1. The standard InChI is InChI=1S/C13H13ClN3O11P/c14-5-2-6-4(1-7(5)17(22)23)11(20)15-13(21)16(6)12-10(19)9(18)8(28-12)3-27-29(24,25)26/h1-2,8-10,12,18-19H,3H2,(H,15,20,21)(H2,24,25,26)/t8-,9-,10-,12-/m1/s1. The molecule has 14 nitrogen and oxygen atoms in total. The molecular weight excluding hydrogens is 441 g/mol. The van der Waals surface area contributed by atoms with E-state index in [0.29, 0.717) is 4.57 Å². The zero-order valence-electron chi connectivity index (χ0n) is 14.0. The number of hydrogen-bond acceptors (Lipinski definition) is 9. The second kappa shape index (κ2) is 7.59. The lowest BCUT2D eigenvalue weighted by atomic mass is 10.1. The Labute approximate surface area is 164 Å². The van der Waals surface area contributed by atoms with Crippen molar-refractivity contribution in [1.82, 2.24) is 9.55 Å². The summed E-state index contributed by atoms with van der Waals surface area (Å²) in [7, 11) is -4.90. The second-order valence-electron chi connectivity index (χ2n) is 6.04. The topological polar surface area (TPSA) is 214 Å². The van der Waals surface area contributed by atoms with Gasteiger partial charge in [-0.2, -0.15) is 0 Å². The van der Waals surface area contributed by atoms with Crippen LogP contribution in [0.1, 0.15) is 6.23 Å². The van der Waals surface area contributed by atoms with Crippen LogP contribution in [-0.4, -0.2) is 59.4 Å². The van der Waals surface area contributed by atoms with Gasteiger partial charge in [-0.25, -0.2) is 9.36 Å². The number of rotatable bonds is 5. The van der Waals surface area contributed by atoms with Crippen molar-refractivity contribution in [1.29, 1.82) is 0 Å². The molecule has 1 aromatic carbocycles. The Morgan fingerprint density at radius 2 is 1.97 bits per heavy atom. The number of aromatic amines is 1. The molecule has 1 aromatic heterocycles. The number of hydrogen-bond donors (Lipinski definition) is 5. The molecule has 2 heterocycles. The van der Waals surface area contributed by atoms with Crippen molar-refractivity contribution in [2.45, 2.75) is 24.5 Å². The Morgan fingerprint density at radius 1 is 1.31 bits per heavy atom. The van der Waals surface area contributed by atoms with Crippen LogP contribution >= 0.6 is 19.4 Å². The van der Waals surface area contributed by atoms with E-state index in [2.05, 4.69) is 4.52 Å². The van der Waals surface area contributed by atoms with E-state index >= 15 is 0 Å². The van der Waals surface area contributed by atoms with E-state index in [0.717, 1.165) is 12.1 Å². The van der Waals surface area contributed by atoms with Crippen LogP contribution in [0.25, 0.3) is 10.9 Å². The number of benzene rings is 1. The SMILES string of the molecule is O=c1[nH]c(=O)n([C@@H]2O[C@H](COP(=O)(O)O)[C@@H](O)[C@H]2O)c2cc(Cl)c([N+](=O)[O-])cc12. The maximum Gasteiger partial charge on any atom is 0.469 e. The predicted octanol–water partition coefficient (Wildman–Crippen LogP) is -1.02. The van der Waals surface area contributed by atoms with Crippen molar-refractivity contribution in [3.8, 4) is 0 Å². The molecule has 0 spiro atoms. The fraction of sp³-hybridized carbons (Fsp3) is 0.385. The molecule has 29 heavy (non-hydrogen) atoms. The number of nitro groups is 1. The van der Waals surface area contributed by atoms with Crippen LogP contribution in [0.3, 0.4) is 0 Å². The first-order valence-corrected chi connectivity index (χ1v) is 9.65. The number of aliphatic hydroxyl groups is 2. The Hall–Kier alpha value is -2.16. The summed E-state index contributed by atoms with van der Waals surface area (Å²) < 4.78 is 21.1. The number of nitrogens with zero attached hydrogens (tertiary/aromatic N) is 2. The summed E-state index contributed by atoms with van der Waals surface area (Å²) in [6, 6.07) is 1.78. The number of nitrogens with one attached hydrogen (secondary N) is 1. The molecule has 0 aliphatic carbocycles. The third-order valence-electron chi connectivity index (χ3n) is 4.20. The molecule has 1 saturated heterocycles. The first-order chi connectivity index (χ1) is 13.4. The minimum Gasteiger partial charge on any atom is -0.387 e. The molecule has 3 rings (SSSR count). The molecule has 16 heteroatoms. The van der Waals surface area contributed by atoms with Gasteiger partial charge in [-0.1, -0.05) is 11.6 Å². The number of halogens is 1. The van der Waals surface area contributed by atoms with E-state index in [1.54, 1.807) is 0 Å². The fourth-order valence-electron chi connectivity index (χ4n) is 2.91. The van der Waals surface area contributed by atoms with Gasteiger partial charge in [-0.05, 0) is 6.07 Å². The van der Waals surface area contributed by atoms with Crippen molar-refractivity contribution < 1.29 is 38.7 Å². The Balaban J connectivity index is 2.11. The quantitative estimate of drug-likeness (QED) is 0.210. The Morgan fingerprint density at radius 3 is 2.55 bits per heavy atom. The molecule has 1 aliphatic rings. The Bertz CT molecular complexity index is 1140. The lowest BCUT2D eigenvalue weighted by Gasteiger charge is -2.19. The highest BCUT2D eigenvalue weighted by atomic mass is 35.5. The number of H-pyrrole nitrogens is 1. The van der Waals surface area contributed by atoms with E-state index < -0.39 is 65.9 Å². The average Bonchev–Trinajstić information content (AvgIpc) is 2.87. The smallest absolute Gasteiger partial charge is 0.387 e. The van der Waals surface area contributed by atoms with Crippen LogP contribution in [0.5, 0.6) is 0 Å². The minimum atomic E-state index is -4.90. The number of ether oxygens (including phenoxy) is 1. The van der Waals surface area contributed by atoms with Crippen molar-refractivity contribution in [2.75, 3.05) is 6.61 Å². The van der Waals surface area contributed by atoms with Gasteiger partial charge in [0.05, 0.1) is 22.4 Å². The van der Waals surface area contributed by atoms with Gasteiger partial charge in [0.2, 0.25) is 0 Å². The van der Waals surface area contributed by atoms with Crippen LogP contribution in [0.4, 0.5) is 5.69 Å². The Kier molecular flexibility index (Phi) is 5.64. The van der Waals surface area contributed by atoms with E-state index in [1.807, 2.05) is 4.98 Å². The third kappa shape index (κ3) is 4.10. The van der Waals surface area contributed by atoms with Gasteiger partial charge in [-0.3, -0.25) is 29.0 Å². The number of phosphoric ester groups is 1. The largest absolute Gasteiger partial charge is 0.469 e.